The molecule has 7 nitrogen and oxygen atoms in total. The number of benzene rings is 1. The summed E-state index contributed by atoms with van der Waals surface area (Å²) in [6.07, 6.45) is 0. The Balaban J connectivity index is 3.49. The zero-order chi connectivity index (χ0) is 10.9. The summed E-state index contributed by atoms with van der Waals surface area (Å²) in [5, 5.41) is 36.9. The highest BCUT2D eigenvalue weighted by Crippen LogP contribution is 2.35. The molecule has 14 heavy (non-hydrogen) atoms. The van der Waals surface area contributed by atoms with Crippen molar-refractivity contribution in [1.29, 1.82) is 0 Å². The van der Waals surface area contributed by atoms with Gasteiger partial charge in [-0.25, -0.2) is 4.79 Å². The van der Waals surface area contributed by atoms with Gasteiger partial charge in [0.1, 0.15) is 11.3 Å². The first-order chi connectivity index (χ1) is 6.45. The fourth-order valence-electron chi connectivity index (χ4n) is 0.928. The summed E-state index contributed by atoms with van der Waals surface area (Å²) in [7, 11) is 0. The number of carboxylic acid groups (broad SMARTS) is 1. The summed E-state index contributed by atoms with van der Waals surface area (Å²) in [6, 6.07) is 1.65. The van der Waals surface area contributed by atoms with E-state index in [0.717, 1.165) is 12.1 Å². The Hall–Kier alpha value is -2.31. The van der Waals surface area contributed by atoms with Crippen LogP contribution in [0.3, 0.4) is 0 Å². The Morgan fingerprint density at radius 2 is 1.93 bits per heavy atom. The lowest BCUT2D eigenvalue weighted by atomic mass is 10.1. The van der Waals surface area contributed by atoms with Crippen molar-refractivity contribution < 1.29 is 25.0 Å². The number of hydrogen-bond acceptors (Lipinski definition) is 5. The van der Waals surface area contributed by atoms with E-state index in [-0.39, 0.29) is 0 Å². The monoisotopic (exact) mass is 199 g/mol. The normalized spacial score (nSPS) is 9.71. The fourth-order valence-corrected chi connectivity index (χ4v) is 0.928. The largest absolute Gasteiger partial charge is 0.507 e. The third kappa shape index (κ3) is 1.42. The van der Waals surface area contributed by atoms with Gasteiger partial charge in [0.2, 0.25) is 5.75 Å². The SMILES string of the molecule is O=C(O)c1c(O)ccc([N+](=O)[O-])c1O. The Morgan fingerprint density at radius 1 is 1.36 bits per heavy atom. The number of nitro groups is 1. The van der Waals surface area contributed by atoms with Crippen molar-refractivity contribution in [3.63, 3.8) is 0 Å². The van der Waals surface area contributed by atoms with Crippen LogP contribution in [0.15, 0.2) is 12.1 Å². The van der Waals surface area contributed by atoms with Gasteiger partial charge >= 0.3 is 11.7 Å². The van der Waals surface area contributed by atoms with Gasteiger partial charge in [-0.3, -0.25) is 10.1 Å². The van der Waals surface area contributed by atoms with Crippen molar-refractivity contribution in [2.24, 2.45) is 0 Å². The molecule has 3 N–H and O–H groups in total. The summed E-state index contributed by atoms with van der Waals surface area (Å²) in [6.45, 7) is 0. The van der Waals surface area contributed by atoms with E-state index < -0.39 is 33.6 Å². The molecule has 0 bridgehead atoms. The standard InChI is InChI=1S/C7H5NO6/c9-4-2-1-3(8(13)14)6(10)5(4)7(11)12/h1-2,9-10H,(H,11,12). The van der Waals surface area contributed by atoms with Crippen molar-refractivity contribution in [3.8, 4) is 11.5 Å². The van der Waals surface area contributed by atoms with E-state index in [2.05, 4.69) is 0 Å². The van der Waals surface area contributed by atoms with Gasteiger partial charge in [0.05, 0.1) is 4.92 Å². The first kappa shape index (κ1) is 9.78. The predicted octanol–water partition coefficient (Wildman–Crippen LogP) is 0.704. The zero-order valence-electron chi connectivity index (χ0n) is 6.67. The third-order valence-electron chi connectivity index (χ3n) is 1.55. The summed E-state index contributed by atoms with van der Waals surface area (Å²) in [4.78, 5) is 19.8. The van der Waals surface area contributed by atoms with Gasteiger partial charge in [0, 0.05) is 6.07 Å². The van der Waals surface area contributed by atoms with E-state index >= 15 is 0 Å². The van der Waals surface area contributed by atoms with Gasteiger partial charge in [-0.2, -0.15) is 0 Å². The number of nitrogens with zero attached hydrogens (tertiary/aromatic N) is 1. The molecule has 0 aliphatic carbocycles. The maximum Gasteiger partial charge on any atom is 0.343 e. The number of carboxylic acids is 1. The van der Waals surface area contributed by atoms with Crippen LogP contribution in [0.2, 0.25) is 0 Å². The molecule has 74 valence electrons. The van der Waals surface area contributed by atoms with Crippen LogP contribution in [-0.4, -0.2) is 26.2 Å². The number of nitro benzene ring substituents is 1. The molecule has 1 aromatic rings. The van der Waals surface area contributed by atoms with E-state index in [9.17, 15) is 14.9 Å². The quantitative estimate of drug-likeness (QED) is 0.476. The maximum absolute atomic E-state index is 10.5. The lowest BCUT2D eigenvalue weighted by Gasteiger charge is -2.02. The number of rotatable bonds is 2. The summed E-state index contributed by atoms with van der Waals surface area (Å²) in [5.74, 6) is -3.41. The van der Waals surface area contributed by atoms with Crippen LogP contribution in [0, 0.1) is 10.1 Å². The van der Waals surface area contributed by atoms with E-state index in [0.29, 0.717) is 0 Å². The van der Waals surface area contributed by atoms with Crippen molar-refractivity contribution in [2.45, 2.75) is 0 Å². The molecule has 0 aliphatic heterocycles. The lowest BCUT2D eigenvalue weighted by molar-refractivity contribution is -0.385. The van der Waals surface area contributed by atoms with Gasteiger partial charge < -0.3 is 15.3 Å². The number of aromatic carboxylic acids is 1. The van der Waals surface area contributed by atoms with E-state index in [4.69, 9.17) is 15.3 Å². The summed E-state index contributed by atoms with van der Waals surface area (Å²) >= 11 is 0. The van der Waals surface area contributed by atoms with Gasteiger partial charge in [-0.15, -0.1) is 0 Å². The molecular weight excluding hydrogens is 194 g/mol. The Morgan fingerprint density at radius 3 is 2.36 bits per heavy atom. The molecule has 0 unspecified atom stereocenters. The van der Waals surface area contributed by atoms with Crippen molar-refractivity contribution in [2.75, 3.05) is 0 Å². The third-order valence-corrected chi connectivity index (χ3v) is 1.55. The average molecular weight is 199 g/mol. The van der Waals surface area contributed by atoms with E-state index in [1.165, 1.54) is 0 Å². The minimum Gasteiger partial charge on any atom is -0.507 e. The van der Waals surface area contributed by atoms with Gasteiger partial charge in [-0.05, 0) is 6.07 Å². The number of phenols is 2. The second-order valence-electron chi connectivity index (χ2n) is 2.39. The number of carbonyl (C=O) groups is 1. The average Bonchev–Trinajstić information content (AvgIpc) is 2.02. The second kappa shape index (κ2) is 3.21. The molecule has 0 aromatic heterocycles. The van der Waals surface area contributed by atoms with Crippen molar-refractivity contribution in [1.82, 2.24) is 0 Å². The van der Waals surface area contributed by atoms with Crippen LogP contribution in [0.5, 0.6) is 11.5 Å². The molecule has 0 amide bonds. The molecule has 0 spiro atoms. The first-order valence-corrected chi connectivity index (χ1v) is 3.37. The van der Waals surface area contributed by atoms with Gasteiger partial charge in [-0.1, -0.05) is 0 Å². The molecule has 7 heteroatoms. The molecule has 0 fully saturated rings. The minimum atomic E-state index is -1.64. The Bertz CT molecular complexity index is 413. The molecule has 0 heterocycles. The van der Waals surface area contributed by atoms with Gasteiger partial charge in [0.25, 0.3) is 0 Å². The minimum absolute atomic E-state index is 0.722. The second-order valence-corrected chi connectivity index (χ2v) is 2.39. The lowest BCUT2D eigenvalue weighted by Crippen LogP contribution is -2.00. The van der Waals surface area contributed by atoms with Crippen LogP contribution < -0.4 is 0 Å². The molecule has 1 rings (SSSR count). The molecule has 0 atom stereocenters. The summed E-state index contributed by atoms with van der Waals surface area (Å²) < 4.78 is 0. The highest BCUT2D eigenvalue weighted by molar-refractivity contribution is 5.95. The molecule has 0 saturated carbocycles. The molecule has 1 aromatic carbocycles. The zero-order valence-corrected chi connectivity index (χ0v) is 6.67. The highest BCUT2D eigenvalue weighted by Gasteiger charge is 2.24. The number of aromatic hydroxyl groups is 2. The van der Waals surface area contributed by atoms with Crippen LogP contribution in [0.4, 0.5) is 5.69 Å². The van der Waals surface area contributed by atoms with Crippen LogP contribution in [0.25, 0.3) is 0 Å². The van der Waals surface area contributed by atoms with Crippen molar-refractivity contribution >= 4 is 11.7 Å². The number of hydrogen-bond donors (Lipinski definition) is 3. The van der Waals surface area contributed by atoms with Crippen molar-refractivity contribution in [3.05, 3.63) is 27.8 Å². The highest BCUT2D eigenvalue weighted by atomic mass is 16.6. The molecular formula is C7H5NO6. The maximum atomic E-state index is 10.5. The first-order valence-electron chi connectivity index (χ1n) is 3.37. The van der Waals surface area contributed by atoms with Crippen LogP contribution in [0.1, 0.15) is 10.4 Å². The van der Waals surface area contributed by atoms with E-state index in [1.807, 2.05) is 0 Å². The predicted molar refractivity (Wildman–Crippen MR) is 43.4 cm³/mol. The van der Waals surface area contributed by atoms with E-state index in [1.54, 1.807) is 0 Å². The van der Waals surface area contributed by atoms with Crippen LogP contribution >= 0.6 is 0 Å². The fraction of sp³-hybridized carbons (Fsp3) is 0. The smallest absolute Gasteiger partial charge is 0.343 e. The molecule has 0 radical (unpaired) electrons. The summed E-state index contributed by atoms with van der Waals surface area (Å²) in [5.41, 5.74) is -1.64. The van der Waals surface area contributed by atoms with Crippen LogP contribution in [-0.2, 0) is 0 Å². The molecule has 0 saturated heterocycles. The molecule has 0 aliphatic rings. The topological polar surface area (TPSA) is 121 Å². The Labute approximate surface area is 77.0 Å². The Kier molecular flexibility index (Phi) is 2.24. The van der Waals surface area contributed by atoms with Gasteiger partial charge in [0.15, 0.2) is 0 Å².